The zero-order valence-electron chi connectivity index (χ0n) is 13.8. The maximum Gasteiger partial charge on any atom is 0.263 e. The summed E-state index contributed by atoms with van der Waals surface area (Å²) < 4.78 is 6.90. The molecule has 5 nitrogen and oxygen atoms in total. The second kappa shape index (κ2) is 6.46. The summed E-state index contributed by atoms with van der Waals surface area (Å²) in [6.07, 6.45) is 0. The summed E-state index contributed by atoms with van der Waals surface area (Å²) in [6, 6.07) is 9.73. The molecule has 0 aliphatic rings. The summed E-state index contributed by atoms with van der Waals surface area (Å²) in [5.74, 6) is 1.36. The van der Waals surface area contributed by atoms with Crippen LogP contribution in [0.1, 0.15) is 17.6 Å². The van der Waals surface area contributed by atoms with Crippen LogP contribution in [0.25, 0.3) is 21.3 Å². The Bertz CT molecular complexity index is 994. The molecule has 0 bridgehead atoms. The van der Waals surface area contributed by atoms with Gasteiger partial charge in [-0.1, -0.05) is 12.1 Å². The van der Waals surface area contributed by atoms with Crippen LogP contribution in [-0.2, 0) is 6.54 Å². The fraction of sp³-hybridized carbons (Fsp3) is 0.278. The van der Waals surface area contributed by atoms with Crippen LogP contribution in [0.5, 0.6) is 5.75 Å². The van der Waals surface area contributed by atoms with Crippen LogP contribution in [0.4, 0.5) is 0 Å². The van der Waals surface area contributed by atoms with E-state index in [1.54, 1.807) is 6.92 Å². The molecule has 0 amide bonds. The lowest BCUT2D eigenvalue weighted by atomic mass is 10.0. The van der Waals surface area contributed by atoms with E-state index in [0.29, 0.717) is 22.6 Å². The standard InChI is InChI=1S/C18H17N3O2S/c1-4-23-14-7-5-13(6-8-14)15-11(2)24-17-16(15)18(22)21(10-9-19)12(3)20-17/h5-8H,4,10H2,1-3H3. The van der Waals surface area contributed by atoms with Gasteiger partial charge in [-0.25, -0.2) is 4.98 Å². The maximum absolute atomic E-state index is 12.9. The smallest absolute Gasteiger partial charge is 0.263 e. The number of nitriles is 1. The molecule has 0 fully saturated rings. The second-order valence-electron chi connectivity index (χ2n) is 5.38. The Morgan fingerprint density at radius 1 is 1.29 bits per heavy atom. The largest absolute Gasteiger partial charge is 0.494 e. The molecule has 2 heterocycles. The molecule has 0 aliphatic carbocycles. The van der Waals surface area contributed by atoms with Gasteiger partial charge in [0.15, 0.2) is 0 Å². The molecule has 2 aromatic heterocycles. The summed E-state index contributed by atoms with van der Waals surface area (Å²) in [5, 5.41) is 9.55. The Balaban J connectivity index is 2.24. The van der Waals surface area contributed by atoms with Crippen molar-refractivity contribution in [3.05, 3.63) is 45.3 Å². The first kappa shape index (κ1) is 16.2. The van der Waals surface area contributed by atoms with E-state index in [9.17, 15) is 4.79 Å². The Morgan fingerprint density at radius 3 is 2.62 bits per heavy atom. The molecule has 0 spiro atoms. The molecule has 0 radical (unpaired) electrons. The third kappa shape index (κ3) is 2.68. The van der Waals surface area contributed by atoms with Crippen LogP contribution < -0.4 is 10.3 Å². The van der Waals surface area contributed by atoms with Crippen molar-refractivity contribution in [3.63, 3.8) is 0 Å². The van der Waals surface area contributed by atoms with Crippen molar-refractivity contribution >= 4 is 21.6 Å². The van der Waals surface area contributed by atoms with Crippen molar-refractivity contribution in [2.45, 2.75) is 27.3 Å². The number of thiophene rings is 1. The van der Waals surface area contributed by atoms with Gasteiger partial charge >= 0.3 is 0 Å². The number of fused-ring (bicyclic) bond motifs is 1. The maximum atomic E-state index is 12.9. The van der Waals surface area contributed by atoms with Crippen LogP contribution in [0.15, 0.2) is 29.1 Å². The van der Waals surface area contributed by atoms with E-state index in [1.807, 2.05) is 44.2 Å². The van der Waals surface area contributed by atoms with E-state index in [2.05, 4.69) is 4.98 Å². The highest BCUT2D eigenvalue weighted by Gasteiger charge is 2.18. The molecule has 0 saturated heterocycles. The molecular weight excluding hydrogens is 322 g/mol. The van der Waals surface area contributed by atoms with Gasteiger partial charge in [0.05, 0.1) is 18.1 Å². The monoisotopic (exact) mass is 339 g/mol. The van der Waals surface area contributed by atoms with Crippen LogP contribution >= 0.6 is 11.3 Å². The van der Waals surface area contributed by atoms with E-state index >= 15 is 0 Å². The van der Waals surface area contributed by atoms with E-state index in [-0.39, 0.29) is 12.1 Å². The van der Waals surface area contributed by atoms with Crippen LogP contribution in [0, 0.1) is 25.2 Å². The summed E-state index contributed by atoms with van der Waals surface area (Å²) in [7, 11) is 0. The van der Waals surface area contributed by atoms with E-state index < -0.39 is 0 Å². The lowest BCUT2D eigenvalue weighted by Crippen LogP contribution is -2.23. The lowest BCUT2D eigenvalue weighted by molar-refractivity contribution is 0.340. The summed E-state index contributed by atoms with van der Waals surface area (Å²) >= 11 is 1.50. The molecule has 6 heteroatoms. The topological polar surface area (TPSA) is 67.9 Å². The number of benzene rings is 1. The third-order valence-electron chi connectivity index (χ3n) is 3.86. The minimum Gasteiger partial charge on any atom is -0.494 e. The number of hydrogen-bond acceptors (Lipinski definition) is 5. The molecule has 24 heavy (non-hydrogen) atoms. The first-order valence-corrected chi connectivity index (χ1v) is 8.49. The first-order valence-electron chi connectivity index (χ1n) is 7.67. The number of nitrogens with zero attached hydrogens (tertiary/aromatic N) is 3. The molecule has 1 aromatic carbocycles. The van der Waals surface area contributed by atoms with E-state index in [0.717, 1.165) is 21.8 Å². The van der Waals surface area contributed by atoms with Gasteiger partial charge in [0, 0.05) is 10.4 Å². The van der Waals surface area contributed by atoms with E-state index in [1.165, 1.54) is 15.9 Å². The predicted octanol–water partition coefficient (Wildman–Crippen LogP) is 3.66. The molecule has 122 valence electrons. The first-order chi connectivity index (χ1) is 11.6. The molecule has 0 aliphatic heterocycles. The summed E-state index contributed by atoms with van der Waals surface area (Å²) in [4.78, 5) is 19.1. The zero-order chi connectivity index (χ0) is 17.3. The fourth-order valence-corrected chi connectivity index (χ4v) is 3.87. The molecule has 0 unspecified atom stereocenters. The van der Waals surface area contributed by atoms with Gasteiger partial charge in [0.25, 0.3) is 5.56 Å². The van der Waals surface area contributed by atoms with Crippen molar-refractivity contribution in [2.24, 2.45) is 0 Å². The number of aryl methyl sites for hydroxylation is 2. The number of ether oxygens (including phenoxy) is 1. The molecular formula is C18H17N3O2S. The average Bonchev–Trinajstić information content (AvgIpc) is 2.88. The van der Waals surface area contributed by atoms with Crippen molar-refractivity contribution < 1.29 is 4.74 Å². The Morgan fingerprint density at radius 2 is 2.00 bits per heavy atom. The molecule has 0 N–H and O–H groups in total. The lowest BCUT2D eigenvalue weighted by Gasteiger charge is -2.07. The van der Waals surface area contributed by atoms with Gasteiger partial charge in [0.2, 0.25) is 0 Å². The fourth-order valence-electron chi connectivity index (χ4n) is 2.79. The Hall–Kier alpha value is -2.65. The quantitative estimate of drug-likeness (QED) is 0.727. The van der Waals surface area contributed by atoms with Gasteiger partial charge < -0.3 is 4.74 Å². The third-order valence-corrected chi connectivity index (χ3v) is 4.86. The zero-order valence-corrected chi connectivity index (χ0v) is 14.6. The Labute approximate surface area is 143 Å². The number of aromatic nitrogens is 2. The SMILES string of the molecule is CCOc1ccc(-c2c(C)sc3nc(C)n(CC#N)c(=O)c23)cc1. The minimum absolute atomic E-state index is 0.00518. The minimum atomic E-state index is -0.160. The van der Waals surface area contributed by atoms with Gasteiger partial charge in [-0.3, -0.25) is 9.36 Å². The number of hydrogen-bond donors (Lipinski definition) is 0. The van der Waals surface area contributed by atoms with E-state index in [4.69, 9.17) is 10.00 Å². The molecule has 0 atom stereocenters. The molecule has 3 rings (SSSR count). The van der Waals surface area contributed by atoms with Crippen molar-refractivity contribution in [2.75, 3.05) is 6.61 Å². The molecule has 3 aromatic rings. The highest BCUT2D eigenvalue weighted by atomic mass is 32.1. The molecule has 0 saturated carbocycles. The van der Waals surface area contributed by atoms with Gasteiger partial charge in [0.1, 0.15) is 22.9 Å². The van der Waals surface area contributed by atoms with Gasteiger partial charge in [-0.15, -0.1) is 11.3 Å². The highest BCUT2D eigenvalue weighted by Crippen LogP contribution is 2.36. The van der Waals surface area contributed by atoms with Gasteiger partial charge in [-0.05, 0) is 38.5 Å². The van der Waals surface area contributed by atoms with Crippen molar-refractivity contribution in [1.29, 1.82) is 5.26 Å². The number of rotatable bonds is 4. The highest BCUT2D eigenvalue weighted by molar-refractivity contribution is 7.19. The van der Waals surface area contributed by atoms with Crippen molar-refractivity contribution in [3.8, 4) is 22.9 Å². The van der Waals surface area contributed by atoms with Gasteiger partial charge in [-0.2, -0.15) is 5.26 Å². The Kier molecular flexibility index (Phi) is 4.36. The van der Waals surface area contributed by atoms with Crippen LogP contribution in [0.2, 0.25) is 0 Å². The second-order valence-corrected chi connectivity index (χ2v) is 6.58. The summed E-state index contributed by atoms with van der Waals surface area (Å²) in [6.45, 7) is 6.30. The summed E-state index contributed by atoms with van der Waals surface area (Å²) in [5.41, 5.74) is 1.68. The van der Waals surface area contributed by atoms with Crippen LogP contribution in [0.3, 0.4) is 0 Å². The van der Waals surface area contributed by atoms with Crippen LogP contribution in [-0.4, -0.2) is 16.2 Å². The van der Waals surface area contributed by atoms with Crippen molar-refractivity contribution in [1.82, 2.24) is 9.55 Å². The predicted molar refractivity (Wildman–Crippen MR) is 95.6 cm³/mol. The average molecular weight is 339 g/mol. The normalized spacial score (nSPS) is 10.8.